The van der Waals surface area contributed by atoms with Gasteiger partial charge in [-0.1, -0.05) is 31.2 Å². The van der Waals surface area contributed by atoms with Crippen LogP contribution in [0.15, 0.2) is 29.3 Å². The van der Waals surface area contributed by atoms with E-state index in [2.05, 4.69) is 34.2 Å². The zero-order valence-corrected chi connectivity index (χ0v) is 13.7. The van der Waals surface area contributed by atoms with Gasteiger partial charge in [-0.25, -0.2) is 0 Å². The highest BCUT2D eigenvalue weighted by Gasteiger charge is 2.27. The zero-order chi connectivity index (χ0) is 17.3. The number of alkyl halides is 3. The van der Waals surface area contributed by atoms with Crippen LogP contribution in [0.25, 0.3) is 0 Å². The van der Waals surface area contributed by atoms with E-state index in [1.165, 1.54) is 0 Å². The highest BCUT2D eigenvalue weighted by molar-refractivity contribution is 5.79. The van der Waals surface area contributed by atoms with Crippen LogP contribution in [0.1, 0.15) is 31.4 Å². The molecule has 0 radical (unpaired) electrons. The van der Waals surface area contributed by atoms with Gasteiger partial charge in [0, 0.05) is 19.6 Å². The third-order valence-corrected chi connectivity index (χ3v) is 3.24. The molecular formula is C16H24F3N3O. The van der Waals surface area contributed by atoms with Gasteiger partial charge in [-0.05, 0) is 24.5 Å². The van der Waals surface area contributed by atoms with Gasteiger partial charge in [-0.15, -0.1) is 0 Å². The van der Waals surface area contributed by atoms with Crippen LogP contribution in [-0.2, 0) is 17.9 Å². The molecule has 0 aliphatic carbocycles. The van der Waals surface area contributed by atoms with E-state index in [0.29, 0.717) is 18.2 Å². The third kappa shape index (κ3) is 8.44. The summed E-state index contributed by atoms with van der Waals surface area (Å²) < 4.78 is 40.6. The number of nitrogens with zero attached hydrogens (tertiary/aromatic N) is 1. The number of ether oxygens (including phenoxy) is 1. The number of rotatable bonds is 7. The van der Waals surface area contributed by atoms with Crippen LogP contribution in [0.3, 0.4) is 0 Å². The van der Waals surface area contributed by atoms with E-state index >= 15 is 0 Å². The van der Waals surface area contributed by atoms with E-state index in [9.17, 15) is 13.2 Å². The third-order valence-electron chi connectivity index (χ3n) is 3.24. The molecule has 1 atom stereocenters. The van der Waals surface area contributed by atoms with E-state index in [0.717, 1.165) is 17.9 Å². The first-order chi connectivity index (χ1) is 10.8. The Bertz CT molecular complexity index is 486. The molecule has 0 aromatic heterocycles. The van der Waals surface area contributed by atoms with Crippen molar-refractivity contribution >= 4 is 5.96 Å². The number of hydrogen-bond donors (Lipinski definition) is 2. The summed E-state index contributed by atoms with van der Waals surface area (Å²) in [7, 11) is 1.71. The van der Waals surface area contributed by atoms with Gasteiger partial charge < -0.3 is 15.4 Å². The van der Waals surface area contributed by atoms with Crippen molar-refractivity contribution in [3.63, 3.8) is 0 Å². The summed E-state index contributed by atoms with van der Waals surface area (Å²) in [5.74, 6) is 0.719. The molecule has 0 fully saturated rings. The van der Waals surface area contributed by atoms with Crippen LogP contribution in [0.5, 0.6) is 0 Å². The number of guanidine groups is 1. The van der Waals surface area contributed by atoms with E-state index in [1.54, 1.807) is 19.2 Å². The van der Waals surface area contributed by atoms with E-state index in [-0.39, 0.29) is 6.61 Å². The van der Waals surface area contributed by atoms with Gasteiger partial charge >= 0.3 is 6.18 Å². The Morgan fingerprint density at radius 2 is 1.83 bits per heavy atom. The Labute approximate surface area is 135 Å². The van der Waals surface area contributed by atoms with Gasteiger partial charge in [0.15, 0.2) is 5.96 Å². The molecule has 0 saturated carbocycles. The number of benzene rings is 1. The number of aliphatic imine (C=N–C) groups is 1. The van der Waals surface area contributed by atoms with Gasteiger partial charge in [0.05, 0.1) is 6.61 Å². The summed E-state index contributed by atoms with van der Waals surface area (Å²) in [5.41, 5.74) is 1.72. The number of halogens is 3. The largest absolute Gasteiger partial charge is 0.411 e. The van der Waals surface area contributed by atoms with Gasteiger partial charge in [-0.2, -0.15) is 13.2 Å². The molecule has 23 heavy (non-hydrogen) atoms. The molecule has 1 rings (SSSR count). The molecule has 130 valence electrons. The second kappa shape index (κ2) is 9.39. The molecule has 7 heteroatoms. The lowest BCUT2D eigenvalue weighted by Crippen LogP contribution is -2.41. The van der Waals surface area contributed by atoms with E-state index in [4.69, 9.17) is 0 Å². The second-order valence-corrected chi connectivity index (χ2v) is 5.30. The Morgan fingerprint density at radius 1 is 1.22 bits per heavy atom. The first kappa shape index (κ1) is 19.3. The summed E-state index contributed by atoms with van der Waals surface area (Å²) in [6.45, 7) is 3.46. The van der Waals surface area contributed by atoms with Crippen molar-refractivity contribution in [1.82, 2.24) is 10.6 Å². The van der Waals surface area contributed by atoms with Gasteiger partial charge in [0.25, 0.3) is 0 Å². The molecule has 0 aliphatic heterocycles. The zero-order valence-electron chi connectivity index (χ0n) is 13.7. The highest BCUT2D eigenvalue weighted by Crippen LogP contribution is 2.15. The Balaban J connectivity index is 2.41. The molecule has 1 unspecified atom stereocenters. The maximum Gasteiger partial charge on any atom is 0.411 e. The first-order valence-electron chi connectivity index (χ1n) is 7.53. The first-order valence-corrected chi connectivity index (χ1v) is 7.53. The van der Waals surface area contributed by atoms with Crippen molar-refractivity contribution in [3.8, 4) is 0 Å². The predicted octanol–water partition coefficient (Wildman–Crippen LogP) is 3.23. The monoisotopic (exact) mass is 331 g/mol. The fourth-order valence-corrected chi connectivity index (χ4v) is 1.75. The maximum absolute atomic E-state index is 12.0. The minimum absolute atomic E-state index is 0.0511. The molecule has 0 spiro atoms. The average molecular weight is 331 g/mol. The summed E-state index contributed by atoms with van der Waals surface area (Å²) >= 11 is 0. The quantitative estimate of drug-likeness (QED) is 0.596. The average Bonchev–Trinajstić information content (AvgIpc) is 2.51. The Hall–Kier alpha value is -1.76. The van der Waals surface area contributed by atoms with Crippen molar-refractivity contribution in [1.29, 1.82) is 0 Å². The smallest absolute Gasteiger partial charge is 0.367 e. The number of hydrogen-bond acceptors (Lipinski definition) is 2. The molecule has 0 bridgehead atoms. The van der Waals surface area contributed by atoms with Crippen LogP contribution in [-0.4, -0.2) is 31.8 Å². The minimum Gasteiger partial charge on any atom is -0.367 e. The van der Waals surface area contributed by atoms with Crippen LogP contribution in [0.4, 0.5) is 13.2 Å². The van der Waals surface area contributed by atoms with Crippen LogP contribution in [0, 0.1) is 0 Å². The Morgan fingerprint density at radius 3 is 2.35 bits per heavy atom. The predicted molar refractivity (Wildman–Crippen MR) is 85.2 cm³/mol. The van der Waals surface area contributed by atoms with Crippen molar-refractivity contribution < 1.29 is 17.9 Å². The minimum atomic E-state index is -4.29. The lowest BCUT2D eigenvalue weighted by molar-refractivity contribution is -0.176. The number of nitrogens with one attached hydrogen (secondary N) is 2. The molecule has 1 aromatic carbocycles. The molecule has 0 saturated heterocycles. The molecular weight excluding hydrogens is 307 g/mol. The Kier molecular flexibility index (Phi) is 7.88. The molecule has 0 aliphatic rings. The lowest BCUT2D eigenvalue weighted by Gasteiger charge is -2.16. The summed E-state index contributed by atoms with van der Waals surface area (Å²) in [4.78, 5) is 4.14. The SMILES string of the molecule is CCC(C)NC(=NC)NCc1ccc(COCC(F)(F)F)cc1. The summed E-state index contributed by atoms with van der Waals surface area (Å²) in [6, 6.07) is 7.57. The lowest BCUT2D eigenvalue weighted by atomic mass is 10.1. The van der Waals surface area contributed by atoms with Crippen molar-refractivity contribution in [2.75, 3.05) is 13.7 Å². The maximum atomic E-state index is 12.0. The highest BCUT2D eigenvalue weighted by atomic mass is 19.4. The van der Waals surface area contributed by atoms with Gasteiger partial charge in [0.2, 0.25) is 0 Å². The summed E-state index contributed by atoms with van der Waals surface area (Å²) in [6.07, 6.45) is -3.30. The standard InChI is InChI=1S/C16H24F3N3O/c1-4-12(2)22-15(20-3)21-9-13-5-7-14(8-6-13)10-23-11-16(17,18)19/h5-8,12H,4,9-11H2,1-3H3,(H2,20,21,22). The molecule has 0 heterocycles. The van der Waals surface area contributed by atoms with E-state index in [1.807, 2.05) is 12.1 Å². The topological polar surface area (TPSA) is 45.7 Å². The van der Waals surface area contributed by atoms with E-state index < -0.39 is 12.8 Å². The van der Waals surface area contributed by atoms with Crippen LogP contribution >= 0.6 is 0 Å². The molecule has 1 aromatic rings. The van der Waals surface area contributed by atoms with Crippen molar-refractivity contribution in [2.45, 2.75) is 45.6 Å². The molecule has 2 N–H and O–H groups in total. The van der Waals surface area contributed by atoms with Crippen molar-refractivity contribution in [2.24, 2.45) is 4.99 Å². The van der Waals surface area contributed by atoms with Gasteiger partial charge in [0.1, 0.15) is 6.61 Å². The fraction of sp³-hybridized carbons (Fsp3) is 0.562. The van der Waals surface area contributed by atoms with Crippen LogP contribution < -0.4 is 10.6 Å². The van der Waals surface area contributed by atoms with Gasteiger partial charge in [-0.3, -0.25) is 4.99 Å². The molecule has 0 amide bonds. The fourth-order valence-electron chi connectivity index (χ4n) is 1.75. The summed E-state index contributed by atoms with van der Waals surface area (Å²) in [5, 5.41) is 6.44. The van der Waals surface area contributed by atoms with Crippen LogP contribution in [0.2, 0.25) is 0 Å². The normalized spacial score (nSPS) is 13.7. The second-order valence-electron chi connectivity index (χ2n) is 5.30. The van der Waals surface area contributed by atoms with Crippen molar-refractivity contribution in [3.05, 3.63) is 35.4 Å². The molecule has 4 nitrogen and oxygen atoms in total.